The second kappa shape index (κ2) is 3.79. The fourth-order valence-electron chi connectivity index (χ4n) is 1.65. The lowest BCUT2D eigenvalue weighted by molar-refractivity contribution is 0.941. The minimum absolute atomic E-state index is 0.723. The van der Waals surface area contributed by atoms with E-state index in [0.717, 1.165) is 22.8 Å². The van der Waals surface area contributed by atoms with Crippen LogP contribution in [0.25, 0.3) is 5.65 Å². The van der Waals surface area contributed by atoms with Gasteiger partial charge in [0.15, 0.2) is 5.65 Å². The van der Waals surface area contributed by atoms with Crippen LogP contribution in [0.1, 0.15) is 0 Å². The topological polar surface area (TPSA) is 68.2 Å². The van der Waals surface area contributed by atoms with Crippen molar-refractivity contribution in [3.8, 4) is 0 Å². The molecule has 0 aliphatic rings. The molecular formula is C12H11N5. The molecule has 3 rings (SSSR count). The van der Waals surface area contributed by atoms with Gasteiger partial charge in [-0.15, -0.1) is 0 Å². The predicted octanol–water partition coefficient (Wildman–Crippen LogP) is 2.06. The highest BCUT2D eigenvalue weighted by Crippen LogP contribution is 2.17. The smallest absolute Gasteiger partial charge is 0.157 e. The fourth-order valence-corrected chi connectivity index (χ4v) is 1.65. The van der Waals surface area contributed by atoms with E-state index in [1.165, 1.54) is 0 Å². The predicted molar refractivity (Wildman–Crippen MR) is 67.1 cm³/mol. The summed E-state index contributed by atoms with van der Waals surface area (Å²) in [6.45, 7) is 0. The summed E-state index contributed by atoms with van der Waals surface area (Å²) in [4.78, 5) is 4.41. The number of nitrogens with zero attached hydrogens (tertiary/aromatic N) is 3. The molecule has 3 aromatic rings. The molecule has 0 unspecified atom stereocenters. The van der Waals surface area contributed by atoms with E-state index < -0.39 is 0 Å². The zero-order valence-electron chi connectivity index (χ0n) is 9.04. The van der Waals surface area contributed by atoms with Gasteiger partial charge in [0, 0.05) is 23.6 Å². The van der Waals surface area contributed by atoms with Gasteiger partial charge in [0.05, 0.1) is 6.20 Å². The van der Waals surface area contributed by atoms with Crippen LogP contribution in [-0.2, 0) is 0 Å². The summed E-state index contributed by atoms with van der Waals surface area (Å²) in [7, 11) is 0. The number of nitrogens with two attached hydrogens (primary N) is 1. The molecule has 0 bridgehead atoms. The number of nitrogen functional groups attached to an aromatic ring is 1. The Hall–Kier alpha value is -2.56. The van der Waals surface area contributed by atoms with Crippen molar-refractivity contribution in [1.29, 1.82) is 0 Å². The van der Waals surface area contributed by atoms with E-state index >= 15 is 0 Å². The number of fused-ring (bicyclic) bond motifs is 1. The molecule has 0 radical (unpaired) electrons. The molecule has 17 heavy (non-hydrogen) atoms. The van der Waals surface area contributed by atoms with E-state index in [0.29, 0.717) is 0 Å². The number of hydrogen-bond acceptors (Lipinski definition) is 4. The van der Waals surface area contributed by atoms with Crippen LogP contribution in [-0.4, -0.2) is 14.6 Å². The molecule has 5 heteroatoms. The third-order valence-corrected chi connectivity index (χ3v) is 2.42. The Kier molecular flexibility index (Phi) is 2.15. The SMILES string of the molecule is Nc1cccc(Nc2ccn3nccc3n2)c1. The van der Waals surface area contributed by atoms with Crippen molar-refractivity contribution < 1.29 is 0 Å². The second-order valence-electron chi connectivity index (χ2n) is 3.70. The van der Waals surface area contributed by atoms with Crippen molar-refractivity contribution in [2.24, 2.45) is 0 Å². The van der Waals surface area contributed by atoms with Crippen LogP contribution in [0.2, 0.25) is 0 Å². The Morgan fingerprint density at radius 2 is 2.12 bits per heavy atom. The third-order valence-electron chi connectivity index (χ3n) is 2.42. The summed E-state index contributed by atoms with van der Waals surface area (Å²) in [5, 5.41) is 7.28. The maximum Gasteiger partial charge on any atom is 0.157 e. The molecule has 0 saturated heterocycles. The number of nitrogens with one attached hydrogen (secondary N) is 1. The average Bonchev–Trinajstić information content (AvgIpc) is 2.76. The molecule has 84 valence electrons. The molecule has 0 spiro atoms. The van der Waals surface area contributed by atoms with Crippen LogP contribution in [0.4, 0.5) is 17.2 Å². The highest BCUT2D eigenvalue weighted by Gasteiger charge is 1.99. The van der Waals surface area contributed by atoms with E-state index in [-0.39, 0.29) is 0 Å². The molecular weight excluding hydrogens is 214 g/mol. The normalized spacial score (nSPS) is 10.6. The summed E-state index contributed by atoms with van der Waals surface area (Å²) < 4.78 is 1.71. The maximum absolute atomic E-state index is 5.71. The molecule has 0 aliphatic carbocycles. The monoisotopic (exact) mass is 225 g/mol. The van der Waals surface area contributed by atoms with Gasteiger partial charge < -0.3 is 11.1 Å². The number of benzene rings is 1. The van der Waals surface area contributed by atoms with Gasteiger partial charge in [0.25, 0.3) is 0 Å². The van der Waals surface area contributed by atoms with Gasteiger partial charge in [-0.25, -0.2) is 9.50 Å². The van der Waals surface area contributed by atoms with Crippen molar-refractivity contribution in [2.45, 2.75) is 0 Å². The summed E-state index contributed by atoms with van der Waals surface area (Å²) in [5.74, 6) is 0.767. The van der Waals surface area contributed by atoms with Crippen molar-refractivity contribution in [1.82, 2.24) is 14.6 Å². The molecule has 0 fully saturated rings. The van der Waals surface area contributed by atoms with Crippen LogP contribution in [0, 0.1) is 0 Å². The molecule has 3 N–H and O–H groups in total. The molecule has 2 aromatic heterocycles. The lowest BCUT2D eigenvalue weighted by atomic mass is 10.3. The average molecular weight is 225 g/mol. The minimum Gasteiger partial charge on any atom is -0.399 e. The first-order chi connectivity index (χ1) is 8.31. The van der Waals surface area contributed by atoms with Gasteiger partial charge in [-0.1, -0.05) is 6.07 Å². The largest absolute Gasteiger partial charge is 0.399 e. The first kappa shape index (κ1) is 9.65. The number of anilines is 3. The molecule has 1 aromatic carbocycles. The molecule has 0 amide bonds. The maximum atomic E-state index is 5.71. The first-order valence-corrected chi connectivity index (χ1v) is 5.24. The lowest BCUT2D eigenvalue weighted by Gasteiger charge is -2.06. The summed E-state index contributed by atoms with van der Waals surface area (Å²) in [6.07, 6.45) is 3.57. The number of hydrogen-bond donors (Lipinski definition) is 2. The van der Waals surface area contributed by atoms with Gasteiger partial charge in [-0.2, -0.15) is 5.10 Å². The Balaban J connectivity index is 1.94. The Morgan fingerprint density at radius 1 is 1.18 bits per heavy atom. The molecule has 2 heterocycles. The van der Waals surface area contributed by atoms with E-state index in [2.05, 4.69) is 15.4 Å². The quantitative estimate of drug-likeness (QED) is 0.655. The minimum atomic E-state index is 0.723. The van der Waals surface area contributed by atoms with Crippen molar-refractivity contribution in [2.75, 3.05) is 11.1 Å². The molecule has 0 aliphatic heterocycles. The van der Waals surface area contributed by atoms with Gasteiger partial charge >= 0.3 is 0 Å². The van der Waals surface area contributed by atoms with E-state index in [9.17, 15) is 0 Å². The zero-order chi connectivity index (χ0) is 11.7. The van der Waals surface area contributed by atoms with E-state index in [1.807, 2.05) is 42.6 Å². The summed E-state index contributed by atoms with van der Waals surface area (Å²) in [5.41, 5.74) is 8.16. The van der Waals surface area contributed by atoms with Crippen molar-refractivity contribution >= 4 is 22.8 Å². The van der Waals surface area contributed by atoms with Crippen molar-refractivity contribution in [3.05, 3.63) is 48.8 Å². The zero-order valence-corrected chi connectivity index (χ0v) is 9.04. The van der Waals surface area contributed by atoms with Gasteiger partial charge in [-0.3, -0.25) is 0 Å². The summed E-state index contributed by atoms with van der Waals surface area (Å²) >= 11 is 0. The van der Waals surface area contributed by atoms with Crippen LogP contribution in [0.3, 0.4) is 0 Å². The Labute approximate surface area is 97.9 Å². The van der Waals surface area contributed by atoms with Crippen LogP contribution >= 0.6 is 0 Å². The number of rotatable bonds is 2. The molecule has 0 saturated carbocycles. The highest BCUT2D eigenvalue weighted by atomic mass is 15.2. The Bertz CT molecular complexity index is 659. The lowest BCUT2D eigenvalue weighted by Crippen LogP contribution is -1.97. The first-order valence-electron chi connectivity index (χ1n) is 5.24. The highest BCUT2D eigenvalue weighted by molar-refractivity contribution is 5.62. The number of aromatic nitrogens is 3. The fraction of sp³-hybridized carbons (Fsp3) is 0. The second-order valence-corrected chi connectivity index (χ2v) is 3.70. The van der Waals surface area contributed by atoms with E-state index in [1.54, 1.807) is 10.7 Å². The van der Waals surface area contributed by atoms with Crippen molar-refractivity contribution in [3.63, 3.8) is 0 Å². The Morgan fingerprint density at radius 3 is 3.00 bits per heavy atom. The van der Waals surface area contributed by atoms with Gasteiger partial charge in [0.1, 0.15) is 5.82 Å². The van der Waals surface area contributed by atoms with Gasteiger partial charge in [-0.05, 0) is 24.3 Å². The molecule has 5 nitrogen and oxygen atoms in total. The standard InChI is InChI=1S/C12H11N5/c13-9-2-1-3-10(8-9)15-11-5-7-17-12(16-11)4-6-14-17/h1-8H,13H2,(H,15,16). The van der Waals surface area contributed by atoms with Crippen LogP contribution in [0.15, 0.2) is 48.8 Å². The van der Waals surface area contributed by atoms with Crippen LogP contribution in [0.5, 0.6) is 0 Å². The third kappa shape index (κ3) is 1.90. The van der Waals surface area contributed by atoms with Crippen LogP contribution < -0.4 is 11.1 Å². The van der Waals surface area contributed by atoms with Gasteiger partial charge in [0.2, 0.25) is 0 Å². The van der Waals surface area contributed by atoms with E-state index in [4.69, 9.17) is 5.73 Å². The molecule has 0 atom stereocenters. The summed E-state index contributed by atoms with van der Waals surface area (Å²) in [6, 6.07) is 11.3.